The molecule has 1 aromatic heterocycles. The highest BCUT2D eigenvalue weighted by atomic mass is 32.1. The van der Waals surface area contributed by atoms with Crippen LogP contribution in [0.2, 0.25) is 0 Å². The first kappa shape index (κ1) is 12.9. The first-order valence-electron chi connectivity index (χ1n) is 5.92. The van der Waals surface area contributed by atoms with Crippen LogP contribution in [0.25, 0.3) is 0 Å². The zero-order valence-electron chi connectivity index (χ0n) is 10.5. The number of nitrogens with two attached hydrogens (primary N) is 1. The number of aryl methyl sites for hydroxylation is 2. The fourth-order valence-electron chi connectivity index (χ4n) is 2.23. The maximum absolute atomic E-state index is 12.5. The van der Waals surface area contributed by atoms with Crippen molar-refractivity contribution in [2.45, 2.75) is 32.7 Å². The third-order valence-electron chi connectivity index (χ3n) is 3.17. The number of aromatic nitrogens is 2. The van der Waals surface area contributed by atoms with Gasteiger partial charge in [0.15, 0.2) is 0 Å². The van der Waals surface area contributed by atoms with Gasteiger partial charge in [0.2, 0.25) is 0 Å². The molecule has 1 unspecified atom stereocenters. The number of likely N-dealkylation sites (tertiary alicyclic amines) is 1. The standard InChI is InChI=1S/C12H16N4OS/c1-7-6-9(8(2)15-14-7)12(17)16-5-3-4-10(16)11(13)18/h6,10H,3-5H2,1-2H3,(H2,13,18). The molecule has 2 N–H and O–H groups in total. The van der Waals surface area contributed by atoms with Gasteiger partial charge in [-0.3, -0.25) is 4.79 Å². The number of hydrogen-bond donors (Lipinski definition) is 1. The monoisotopic (exact) mass is 264 g/mol. The summed E-state index contributed by atoms with van der Waals surface area (Å²) >= 11 is 5.02. The van der Waals surface area contributed by atoms with E-state index >= 15 is 0 Å². The Labute approximate surface area is 111 Å². The lowest BCUT2D eigenvalue weighted by Gasteiger charge is -2.24. The maximum atomic E-state index is 12.5. The van der Waals surface area contributed by atoms with Crippen molar-refractivity contribution in [1.29, 1.82) is 0 Å². The number of carbonyl (C=O) groups is 1. The first-order chi connectivity index (χ1) is 8.50. The van der Waals surface area contributed by atoms with E-state index in [0.717, 1.165) is 18.5 Å². The molecule has 1 amide bonds. The molecule has 1 fully saturated rings. The molecule has 1 aromatic rings. The number of nitrogens with zero attached hydrogens (tertiary/aromatic N) is 3. The van der Waals surface area contributed by atoms with E-state index in [1.807, 2.05) is 6.92 Å². The molecule has 1 aliphatic heterocycles. The molecule has 2 heterocycles. The quantitative estimate of drug-likeness (QED) is 0.806. The molecule has 5 nitrogen and oxygen atoms in total. The molecule has 6 heteroatoms. The van der Waals surface area contributed by atoms with Crippen molar-refractivity contribution in [3.8, 4) is 0 Å². The van der Waals surface area contributed by atoms with E-state index in [0.29, 0.717) is 22.8 Å². The largest absolute Gasteiger partial charge is 0.392 e. The molecule has 2 rings (SSSR count). The van der Waals surface area contributed by atoms with E-state index in [9.17, 15) is 4.79 Å². The Bertz CT molecular complexity index is 503. The molecule has 0 aromatic carbocycles. The highest BCUT2D eigenvalue weighted by Crippen LogP contribution is 2.21. The van der Waals surface area contributed by atoms with Crippen LogP contribution in [0.5, 0.6) is 0 Å². The number of thiocarbonyl (C=S) groups is 1. The van der Waals surface area contributed by atoms with E-state index in [1.165, 1.54) is 0 Å². The highest BCUT2D eigenvalue weighted by Gasteiger charge is 2.32. The Kier molecular flexibility index (Phi) is 3.56. The van der Waals surface area contributed by atoms with Crippen molar-refractivity contribution in [3.63, 3.8) is 0 Å². The van der Waals surface area contributed by atoms with Crippen LogP contribution in [-0.2, 0) is 0 Å². The predicted molar refractivity (Wildman–Crippen MR) is 72.3 cm³/mol. The van der Waals surface area contributed by atoms with E-state index < -0.39 is 0 Å². The van der Waals surface area contributed by atoms with Crippen LogP contribution in [0.1, 0.15) is 34.6 Å². The summed E-state index contributed by atoms with van der Waals surface area (Å²) in [5.41, 5.74) is 7.64. The molecule has 1 aliphatic rings. The van der Waals surface area contributed by atoms with Gasteiger partial charge in [0.05, 0.1) is 28.0 Å². The van der Waals surface area contributed by atoms with Crippen LogP contribution < -0.4 is 5.73 Å². The third-order valence-corrected chi connectivity index (χ3v) is 3.45. The number of amides is 1. The summed E-state index contributed by atoms with van der Waals surface area (Å²) in [6.07, 6.45) is 1.78. The van der Waals surface area contributed by atoms with Gasteiger partial charge in [-0.2, -0.15) is 10.2 Å². The zero-order chi connectivity index (χ0) is 13.3. The van der Waals surface area contributed by atoms with E-state index in [2.05, 4.69) is 10.2 Å². The van der Waals surface area contributed by atoms with Gasteiger partial charge in [0.1, 0.15) is 0 Å². The van der Waals surface area contributed by atoms with Crippen LogP contribution in [0, 0.1) is 13.8 Å². The van der Waals surface area contributed by atoms with E-state index in [1.54, 1.807) is 17.9 Å². The van der Waals surface area contributed by atoms with Gasteiger partial charge in [-0.1, -0.05) is 12.2 Å². The van der Waals surface area contributed by atoms with Gasteiger partial charge in [0.25, 0.3) is 5.91 Å². The molecular weight excluding hydrogens is 248 g/mol. The predicted octanol–water partition coefficient (Wildman–Crippen LogP) is 0.984. The summed E-state index contributed by atoms with van der Waals surface area (Å²) in [7, 11) is 0. The highest BCUT2D eigenvalue weighted by molar-refractivity contribution is 7.80. The molecule has 0 aliphatic carbocycles. The van der Waals surface area contributed by atoms with Gasteiger partial charge in [-0.05, 0) is 32.8 Å². The lowest BCUT2D eigenvalue weighted by atomic mass is 10.1. The summed E-state index contributed by atoms with van der Waals surface area (Å²) in [5.74, 6) is -0.0548. The molecule has 1 atom stereocenters. The van der Waals surface area contributed by atoms with Crippen LogP contribution in [-0.4, -0.2) is 38.6 Å². The fraction of sp³-hybridized carbons (Fsp3) is 0.500. The van der Waals surface area contributed by atoms with Crippen LogP contribution in [0.15, 0.2) is 6.07 Å². The molecule has 0 bridgehead atoms. The molecule has 96 valence electrons. The summed E-state index contributed by atoms with van der Waals surface area (Å²) in [6, 6.07) is 1.64. The summed E-state index contributed by atoms with van der Waals surface area (Å²) in [5, 5.41) is 7.91. The van der Waals surface area contributed by atoms with Crippen LogP contribution in [0.3, 0.4) is 0 Å². The summed E-state index contributed by atoms with van der Waals surface area (Å²) in [6.45, 7) is 4.30. The van der Waals surface area contributed by atoms with Gasteiger partial charge in [-0.15, -0.1) is 0 Å². The second-order valence-corrected chi connectivity index (χ2v) is 5.02. The third kappa shape index (κ3) is 2.33. The molecule has 1 saturated heterocycles. The molecule has 0 spiro atoms. The zero-order valence-corrected chi connectivity index (χ0v) is 11.3. The van der Waals surface area contributed by atoms with Gasteiger partial charge >= 0.3 is 0 Å². The Morgan fingerprint density at radius 2 is 2.22 bits per heavy atom. The molecule has 0 saturated carbocycles. The van der Waals surface area contributed by atoms with Crippen LogP contribution >= 0.6 is 12.2 Å². The van der Waals surface area contributed by atoms with Crippen LogP contribution in [0.4, 0.5) is 0 Å². The minimum absolute atomic E-state index is 0.0548. The Morgan fingerprint density at radius 1 is 1.50 bits per heavy atom. The SMILES string of the molecule is Cc1cc(C(=O)N2CCCC2C(N)=S)c(C)nn1. The maximum Gasteiger partial charge on any atom is 0.256 e. The number of hydrogen-bond acceptors (Lipinski definition) is 4. The summed E-state index contributed by atoms with van der Waals surface area (Å²) in [4.78, 5) is 14.6. The first-order valence-corrected chi connectivity index (χ1v) is 6.32. The molecule has 0 radical (unpaired) electrons. The number of rotatable bonds is 2. The second-order valence-electron chi connectivity index (χ2n) is 4.54. The smallest absolute Gasteiger partial charge is 0.256 e. The number of carbonyl (C=O) groups excluding carboxylic acids is 1. The van der Waals surface area contributed by atoms with Crippen molar-refractivity contribution in [2.75, 3.05) is 6.54 Å². The van der Waals surface area contributed by atoms with Crippen molar-refractivity contribution < 1.29 is 4.79 Å². The Hall–Kier alpha value is -1.56. The van der Waals surface area contributed by atoms with Gasteiger partial charge in [0, 0.05) is 6.54 Å². The fourth-order valence-corrected chi connectivity index (χ4v) is 2.47. The van der Waals surface area contributed by atoms with Crippen molar-refractivity contribution >= 4 is 23.1 Å². The van der Waals surface area contributed by atoms with Crippen molar-refractivity contribution in [2.24, 2.45) is 5.73 Å². The lowest BCUT2D eigenvalue weighted by Crippen LogP contribution is -2.43. The average molecular weight is 264 g/mol. The second kappa shape index (κ2) is 4.97. The van der Waals surface area contributed by atoms with Crippen molar-refractivity contribution in [3.05, 3.63) is 23.0 Å². The van der Waals surface area contributed by atoms with E-state index in [-0.39, 0.29) is 11.9 Å². The lowest BCUT2D eigenvalue weighted by molar-refractivity contribution is 0.0769. The normalized spacial score (nSPS) is 19.0. The van der Waals surface area contributed by atoms with Gasteiger partial charge < -0.3 is 10.6 Å². The minimum Gasteiger partial charge on any atom is -0.392 e. The summed E-state index contributed by atoms with van der Waals surface area (Å²) < 4.78 is 0. The topological polar surface area (TPSA) is 72.1 Å². The Balaban J connectivity index is 2.31. The van der Waals surface area contributed by atoms with Crippen molar-refractivity contribution in [1.82, 2.24) is 15.1 Å². The van der Waals surface area contributed by atoms with Gasteiger partial charge in [-0.25, -0.2) is 0 Å². The average Bonchev–Trinajstić information content (AvgIpc) is 2.80. The Morgan fingerprint density at radius 3 is 2.89 bits per heavy atom. The van der Waals surface area contributed by atoms with E-state index in [4.69, 9.17) is 18.0 Å². The minimum atomic E-state index is -0.125. The molecule has 18 heavy (non-hydrogen) atoms. The molecular formula is C12H16N4OS.